The van der Waals surface area contributed by atoms with Gasteiger partial charge in [-0.3, -0.25) is 0 Å². The van der Waals surface area contributed by atoms with Crippen LogP contribution < -0.4 is 0 Å². The number of hydrogen-bond donors (Lipinski definition) is 2. The standard InChI is InChI=1S/2C12H7Cl3O/c2*13-7-1-3-9(11(15)5-7)10-4-2-8(14)6-12(10)16/h2*1-6,16H. The van der Waals surface area contributed by atoms with E-state index in [0.717, 1.165) is 11.1 Å². The van der Waals surface area contributed by atoms with Crippen LogP contribution >= 0.6 is 69.6 Å². The molecular weight excluding hydrogens is 533 g/mol. The number of hydrogen-bond acceptors (Lipinski definition) is 2. The molecule has 8 heteroatoms. The first-order valence-electron chi connectivity index (χ1n) is 9.03. The molecule has 0 saturated carbocycles. The Hall–Kier alpha value is -1.78. The molecule has 4 aromatic rings. The van der Waals surface area contributed by atoms with E-state index < -0.39 is 0 Å². The van der Waals surface area contributed by atoms with Crippen molar-refractivity contribution >= 4 is 69.6 Å². The van der Waals surface area contributed by atoms with Gasteiger partial charge < -0.3 is 10.2 Å². The van der Waals surface area contributed by atoms with E-state index in [2.05, 4.69) is 0 Å². The fourth-order valence-electron chi connectivity index (χ4n) is 2.88. The van der Waals surface area contributed by atoms with Gasteiger partial charge in [0.1, 0.15) is 11.5 Å². The third-order valence-electron chi connectivity index (χ3n) is 4.36. The van der Waals surface area contributed by atoms with Crippen molar-refractivity contribution in [2.75, 3.05) is 0 Å². The zero-order valence-electron chi connectivity index (χ0n) is 16.1. The van der Waals surface area contributed by atoms with Crippen LogP contribution in [0.5, 0.6) is 11.5 Å². The second kappa shape index (κ2) is 10.9. The molecule has 2 nitrogen and oxygen atoms in total. The van der Waals surface area contributed by atoms with Gasteiger partial charge in [0.05, 0.1) is 10.0 Å². The molecule has 4 aromatic carbocycles. The highest BCUT2D eigenvalue weighted by molar-refractivity contribution is 6.37. The van der Waals surface area contributed by atoms with Gasteiger partial charge in [-0.25, -0.2) is 0 Å². The van der Waals surface area contributed by atoms with E-state index >= 15 is 0 Å². The fraction of sp³-hybridized carbons (Fsp3) is 0. The van der Waals surface area contributed by atoms with Crippen molar-refractivity contribution in [3.05, 3.63) is 103 Å². The molecule has 2 N–H and O–H groups in total. The largest absolute Gasteiger partial charge is 0.507 e. The highest BCUT2D eigenvalue weighted by atomic mass is 35.5. The summed E-state index contributed by atoms with van der Waals surface area (Å²) in [5.74, 6) is 0.188. The number of phenols is 2. The van der Waals surface area contributed by atoms with Crippen molar-refractivity contribution in [2.45, 2.75) is 0 Å². The van der Waals surface area contributed by atoms with E-state index in [0.29, 0.717) is 41.3 Å². The predicted molar refractivity (Wildman–Crippen MR) is 137 cm³/mol. The molecule has 0 aliphatic carbocycles. The summed E-state index contributed by atoms with van der Waals surface area (Å²) in [4.78, 5) is 0. The summed E-state index contributed by atoms with van der Waals surface area (Å²) in [5.41, 5.74) is 2.71. The van der Waals surface area contributed by atoms with Crippen molar-refractivity contribution in [1.82, 2.24) is 0 Å². The maximum Gasteiger partial charge on any atom is 0.124 e. The molecule has 0 saturated heterocycles. The Balaban J connectivity index is 0.000000181. The Morgan fingerprint density at radius 2 is 0.656 bits per heavy atom. The van der Waals surface area contributed by atoms with Crippen LogP contribution in [0.4, 0.5) is 0 Å². The third-order valence-corrected chi connectivity index (χ3v) is 5.93. The number of phenolic OH excluding ortho intramolecular Hbond substituents is 2. The molecule has 0 radical (unpaired) electrons. The Labute approximate surface area is 215 Å². The summed E-state index contributed by atoms with van der Waals surface area (Å²) in [6, 6.07) is 20.0. The summed E-state index contributed by atoms with van der Waals surface area (Å²) in [6.45, 7) is 0. The van der Waals surface area contributed by atoms with E-state index in [1.54, 1.807) is 60.7 Å². The number of benzene rings is 4. The predicted octanol–water partition coefficient (Wildman–Crippen LogP) is 10.0. The van der Waals surface area contributed by atoms with Crippen LogP contribution in [0.15, 0.2) is 72.8 Å². The summed E-state index contributed by atoms with van der Waals surface area (Å²) >= 11 is 35.2. The van der Waals surface area contributed by atoms with Crippen LogP contribution in [0.2, 0.25) is 30.1 Å². The number of aromatic hydroxyl groups is 2. The molecule has 0 fully saturated rings. The van der Waals surface area contributed by atoms with Crippen LogP contribution in [-0.4, -0.2) is 10.2 Å². The second-order valence-electron chi connectivity index (χ2n) is 6.57. The van der Waals surface area contributed by atoms with E-state index in [4.69, 9.17) is 69.6 Å². The van der Waals surface area contributed by atoms with E-state index in [9.17, 15) is 10.2 Å². The minimum absolute atomic E-state index is 0.0942. The van der Waals surface area contributed by atoms with Gasteiger partial charge in [0, 0.05) is 42.3 Å². The molecule has 0 bridgehead atoms. The monoisotopic (exact) mass is 544 g/mol. The van der Waals surface area contributed by atoms with Crippen LogP contribution in [0.1, 0.15) is 0 Å². The van der Waals surface area contributed by atoms with Crippen LogP contribution in [0, 0.1) is 0 Å². The summed E-state index contributed by atoms with van der Waals surface area (Å²) in [7, 11) is 0. The van der Waals surface area contributed by atoms with Crippen LogP contribution in [-0.2, 0) is 0 Å². The molecule has 0 atom stereocenters. The molecule has 4 rings (SSSR count). The van der Waals surface area contributed by atoms with E-state index in [-0.39, 0.29) is 11.5 Å². The molecule has 0 aromatic heterocycles. The highest BCUT2D eigenvalue weighted by Gasteiger charge is 2.10. The van der Waals surface area contributed by atoms with Crippen molar-refractivity contribution in [1.29, 1.82) is 0 Å². The lowest BCUT2D eigenvalue weighted by molar-refractivity contribution is 0.477. The number of halogens is 6. The molecule has 0 aliphatic rings. The van der Waals surface area contributed by atoms with Crippen molar-refractivity contribution < 1.29 is 10.2 Å². The third kappa shape index (κ3) is 6.17. The first-order valence-corrected chi connectivity index (χ1v) is 11.3. The molecule has 0 amide bonds. The zero-order valence-corrected chi connectivity index (χ0v) is 20.6. The summed E-state index contributed by atoms with van der Waals surface area (Å²) in [5, 5.41) is 22.6. The molecule has 0 heterocycles. The van der Waals surface area contributed by atoms with Crippen LogP contribution in [0.25, 0.3) is 22.3 Å². The number of rotatable bonds is 2. The lowest BCUT2D eigenvalue weighted by Crippen LogP contribution is -1.81. The first-order chi connectivity index (χ1) is 15.2. The quantitative estimate of drug-likeness (QED) is 0.262. The SMILES string of the molecule is Oc1cc(Cl)ccc1-c1ccc(Cl)cc1Cl.Oc1cc(Cl)ccc1-c1ccc(Cl)cc1Cl. The average molecular weight is 547 g/mol. The molecule has 164 valence electrons. The first kappa shape index (κ1) is 24.9. The van der Waals surface area contributed by atoms with Crippen molar-refractivity contribution in [2.24, 2.45) is 0 Å². The summed E-state index contributed by atoms with van der Waals surface area (Å²) < 4.78 is 0. The zero-order chi connectivity index (χ0) is 23.4. The lowest BCUT2D eigenvalue weighted by Gasteiger charge is -2.07. The average Bonchev–Trinajstić information content (AvgIpc) is 2.70. The molecule has 0 spiro atoms. The van der Waals surface area contributed by atoms with Gasteiger partial charge >= 0.3 is 0 Å². The topological polar surface area (TPSA) is 40.5 Å². The minimum atomic E-state index is 0.0942. The smallest absolute Gasteiger partial charge is 0.124 e. The van der Waals surface area contributed by atoms with Gasteiger partial charge in [-0.1, -0.05) is 81.7 Å². The van der Waals surface area contributed by atoms with Gasteiger partial charge in [-0.15, -0.1) is 0 Å². The Bertz CT molecular complexity index is 1080. The van der Waals surface area contributed by atoms with E-state index in [1.165, 1.54) is 12.1 Å². The Morgan fingerprint density at radius 1 is 0.375 bits per heavy atom. The normalized spacial score (nSPS) is 10.4. The Kier molecular flexibility index (Phi) is 8.46. The molecule has 0 aliphatic heterocycles. The maximum absolute atomic E-state index is 9.76. The van der Waals surface area contributed by atoms with Gasteiger partial charge in [0.25, 0.3) is 0 Å². The Morgan fingerprint density at radius 3 is 0.938 bits per heavy atom. The molecular formula is C24H14Cl6O2. The second-order valence-corrected chi connectivity index (χ2v) is 9.13. The van der Waals surface area contributed by atoms with E-state index in [1.807, 2.05) is 0 Å². The minimum Gasteiger partial charge on any atom is -0.507 e. The van der Waals surface area contributed by atoms with Crippen molar-refractivity contribution in [3.63, 3.8) is 0 Å². The highest BCUT2D eigenvalue weighted by Crippen LogP contribution is 2.38. The molecule has 0 unspecified atom stereocenters. The van der Waals surface area contributed by atoms with Crippen LogP contribution in [0.3, 0.4) is 0 Å². The van der Waals surface area contributed by atoms with Gasteiger partial charge in [0.2, 0.25) is 0 Å². The van der Waals surface area contributed by atoms with Gasteiger partial charge in [-0.05, 0) is 60.7 Å². The lowest BCUT2D eigenvalue weighted by atomic mass is 10.0. The maximum atomic E-state index is 9.76. The van der Waals surface area contributed by atoms with Crippen molar-refractivity contribution in [3.8, 4) is 33.8 Å². The summed E-state index contributed by atoms with van der Waals surface area (Å²) in [6.07, 6.45) is 0. The molecule has 32 heavy (non-hydrogen) atoms. The van der Waals surface area contributed by atoms with Gasteiger partial charge in [0.15, 0.2) is 0 Å². The fourth-order valence-corrected chi connectivity index (χ4v) is 4.23. The van der Waals surface area contributed by atoms with Gasteiger partial charge in [-0.2, -0.15) is 0 Å².